The van der Waals surface area contributed by atoms with Crippen LogP contribution in [-0.2, 0) is 9.22 Å². The minimum atomic E-state index is -2.66. The molecule has 1 heterocycles. The van der Waals surface area contributed by atoms with Crippen molar-refractivity contribution in [2.24, 2.45) is 11.7 Å². The van der Waals surface area contributed by atoms with Gasteiger partial charge in [0.1, 0.15) is 11.8 Å². The molecule has 3 atom stereocenters. The fourth-order valence-electron chi connectivity index (χ4n) is 5.30. The van der Waals surface area contributed by atoms with Gasteiger partial charge in [0.2, 0.25) is 5.91 Å². The smallest absolute Gasteiger partial charge is 0.261 e. The molecule has 3 aromatic carbocycles. The lowest BCUT2D eigenvalue weighted by molar-refractivity contribution is -0.127. The van der Waals surface area contributed by atoms with Crippen LogP contribution in [-0.4, -0.2) is 40.0 Å². The second kappa shape index (κ2) is 9.97. The minimum absolute atomic E-state index is 0.0476. The summed E-state index contributed by atoms with van der Waals surface area (Å²) in [6.07, 6.45) is 0. The van der Waals surface area contributed by atoms with Crippen molar-refractivity contribution < 1.29 is 14.0 Å². The van der Waals surface area contributed by atoms with E-state index in [4.69, 9.17) is 14.9 Å². The highest BCUT2D eigenvalue weighted by Gasteiger charge is 2.52. The molecule has 0 aliphatic carbocycles. The summed E-state index contributed by atoms with van der Waals surface area (Å²) in [5, 5.41) is 2.38. The summed E-state index contributed by atoms with van der Waals surface area (Å²) in [6, 6.07) is 28.1. The average molecular weight is 489 g/mol. The van der Waals surface area contributed by atoms with Crippen LogP contribution in [0.2, 0.25) is 5.04 Å². The van der Waals surface area contributed by atoms with Crippen molar-refractivity contribution >= 4 is 30.3 Å². The van der Waals surface area contributed by atoms with E-state index in [1.807, 2.05) is 41.3 Å². The van der Waals surface area contributed by atoms with Gasteiger partial charge in [0.15, 0.2) is 0 Å². The Kier molecular flexibility index (Phi) is 7.17. The molecular formula is C29H36N2O3Si. The topological polar surface area (TPSA) is 64.8 Å². The number of hydrogen-bond acceptors (Lipinski definition) is 4. The first-order chi connectivity index (χ1) is 16.7. The second-order valence-corrected chi connectivity index (χ2v) is 14.7. The van der Waals surface area contributed by atoms with Gasteiger partial charge in [-0.2, -0.15) is 0 Å². The fraction of sp³-hybridized carbons (Fsp3) is 0.345. The SMILES string of the molecule is COc1ccc(N2C(=O)[C@H](N)[C@H]2[C@H](C)CO[Si](c2ccccc2)(c2ccccc2)C(C)(C)C)cc1. The van der Waals surface area contributed by atoms with Gasteiger partial charge in [-0.05, 0) is 39.7 Å². The van der Waals surface area contributed by atoms with Gasteiger partial charge in [-0.15, -0.1) is 0 Å². The summed E-state index contributed by atoms with van der Waals surface area (Å²) >= 11 is 0. The first-order valence-corrected chi connectivity index (χ1v) is 14.1. The molecule has 35 heavy (non-hydrogen) atoms. The number of amides is 1. The first-order valence-electron chi connectivity index (χ1n) is 12.2. The molecule has 6 heteroatoms. The minimum Gasteiger partial charge on any atom is -0.497 e. The third-order valence-electron chi connectivity index (χ3n) is 7.10. The van der Waals surface area contributed by atoms with Crippen molar-refractivity contribution in [3.8, 4) is 5.75 Å². The number of methoxy groups -OCH3 is 1. The Hall–Kier alpha value is -2.93. The third kappa shape index (κ3) is 4.54. The highest BCUT2D eigenvalue weighted by atomic mass is 28.4. The summed E-state index contributed by atoms with van der Waals surface area (Å²) in [5.41, 5.74) is 7.17. The van der Waals surface area contributed by atoms with Crippen molar-refractivity contribution in [1.29, 1.82) is 0 Å². The number of anilines is 1. The maximum Gasteiger partial charge on any atom is 0.261 e. The van der Waals surface area contributed by atoms with Crippen molar-refractivity contribution in [2.75, 3.05) is 18.6 Å². The van der Waals surface area contributed by atoms with Gasteiger partial charge in [-0.1, -0.05) is 88.4 Å². The molecule has 0 unspecified atom stereocenters. The van der Waals surface area contributed by atoms with Gasteiger partial charge in [0.25, 0.3) is 8.32 Å². The van der Waals surface area contributed by atoms with E-state index in [1.165, 1.54) is 10.4 Å². The summed E-state index contributed by atoms with van der Waals surface area (Å²) in [4.78, 5) is 14.6. The maximum absolute atomic E-state index is 12.8. The highest BCUT2D eigenvalue weighted by molar-refractivity contribution is 6.99. The molecule has 0 bridgehead atoms. The van der Waals surface area contributed by atoms with Crippen LogP contribution in [0.4, 0.5) is 5.69 Å². The molecule has 3 aromatic rings. The number of rotatable bonds is 8. The predicted octanol–water partition coefficient (Wildman–Crippen LogP) is 3.95. The van der Waals surface area contributed by atoms with Crippen LogP contribution in [0.3, 0.4) is 0 Å². The van der Waals surface area contributed by atoms with Crippen molar-refractivity contribution in [2.45, 2.75) is 44.8 Å². The second-order valence-electron chi connectivity index (χ2n) is 10.4. The molecule has 4 rings (SSSR count). The first kappa shape index (κ1) is 25.2. The van der Waals surface area contributed by atoms with Crippen LogP contribution in [0.5, 0.6) is 5.75 Å². The van der Waals surface area contributed by atoms with E-state index in [9.17, 15) is 4.79 Å². The van der Waals surface area contributed by atoms with E-state index in [0.717, 1.165) is 11.4 Å². The zero-order valence-corrected chi connectivity index (χ0v) is 22.3. The van der Waals surface area contributed by atoms with E-state index in [-0.39, 0.29) is 22.9 Å². The van der Waals surface area contributed by atoms with Gasteiger partial charge in [-0.3, -0.25) is 4.79 Å². The van der Waals surface area contributed by atoms with Crippen molar-refractivity contribution in [3.63, 3.8) is 0 Å². The Bertz CT molecular complexity index is 1090. The molecule has 0 radical (unpaired) electrons. The molecule has 0 saturated carbocycles. The average Bonchev–Trinajstić information content (AvgIpc) is 2.87. The third-order valence-corrected chi connectivity index (χ3v) is 12.1. The number of nitrogens with two attached hydrogens (primary N) is 1. The van der Waals surface area contributed by atoms with Crippen molar-refractivity contribution in [3.05, 3.63) is 84.9 Å². The van der Waals surface area contributed by atoms with E-state index < -0.39 is 14.4 Å². The normalized spacial score (nSPS) is 19.3. The number of β-lactam (4-membered cyclic amide) rings is 1. The summed E-state index contributed by atoms with van der Waals surface area (Å²) in [5.74, 6) is 0.745. The molecule has 0 aromatic heterocycles. The lowest BCUT2D eigenvalue weighted by Gasteiger charge is -2.50. The molecule has 5 nitrogen and oxygen atoms in total. The predicted molar refractivity (Wildman–Crippen MR) is 145 cm³/mol. The maximum atomic E-state index is 12.8. The standard InChI is InChI=1S/C29H36N2O3Si/c1-21(27-26(30)28(32)31(27)22-16-18-23(33-5)19-17-22)20-34-35(29(2,3)4,24-12-8-6-9-13-24)25-14-10-7-11-15-25/h6-19,21,26-27H,20,30H2,1-5H3/t21-,26-,27-/m1/s1. The van der Waals surface area contributed by atoms with Crippen LogP contribution >= 0.6 is 0 Å². The number of nitrogens with zero attached hydrogens (tertiary/aromatic N) is 1. The lowest BCUT2D eigenvalue weighted by Crippen LogP contribution is -2.72. The Morgan fingerprint density at radius 2 is 1.43 bits per heavy atom. The molecule has 1 aliphatic rings. The Labute approximate surface area is 210 Å². The quantitative estimate of drug-likeness (QED) is 0.385. The number of hydrogen-bond donors (Lipinski definition) is 1. The molecule has 2 N–H and O–H groups in total. The molecular weight excluding hydrogens is 452 g/mol. The Morgan fingerprint density at radius 3 is 1.89 bits per heavy atom. The van der Waals surface area contributed by atoms with Crippen LogP contribution in [0, 0.1) is 5.92 Å². The largest absolute Gasteiger partial charge is 0.497 e. The summed E-state index contributed by atoms with van der Waals surface area (Å²) in [7, 11) is -1.03. The fourth-order valence-corrected chi connectivity index (χ4v) is 9.97. The highest BCUT2D eigenvalue weighted by Crippen LogP contribution is 2.38. The van der Waals surface area contributed by atoms with E-state index >= 15 is 0 Å². The molecule has 0 spiro atoms. The number of carbonyl (C=O) groups is 1. The van der Waals surface area contributed by atoms with E-state index in [2.05, 4.69) is 76.2 Å². The molecule has 1 saturated heterocycles. The summed E-state index contributed by atoms with van der Waals surface area (Å²) < 4.78 is 12.4. The summed E-state index contributed by atoms with van der Waals surface area (Å²) in [6.45, 7) is 9.45. The molecule has 184 valence electrons. The zero-order valence-electron chi connectivity index (χ0n) is 21.3. The van der Waals surface area contributed by atoms with E-state index in [1.54, 1.807) is 7.11 Å². The Morgan fingerprint density at radius 1 is 0.914 bits per heavy atom. The Balaban J connectivity index is 1.65. The number of ether oxygens (including phenoxy) is 1. The lowest BCUT2D eigenvalue weighted by atomic mass is 9.85. The van der Waals surface area contributed by atoms with E-state index in [0.29, 0.717) is 6.61 Å². The number of benzene rings is 3. The van der Waals surface area contributed by atoms with Gasteiger partial charge < -0.3 is 19.8 Å². The van der Waals surface area contributed by atoms with Gasteiger partial charge in [0.05, 0.1) is 13.2 Å². The van der Waals surface area contributed by atoms with Crippen LogP contribution < -0.4 is 25.7 Å². The van der Waals surface area contributed by atoms with Crippen molar-refractivity contribution in [1.82, 2.24) is 0 Å². The van der Waals surface area contributed by atoms with Gasteiger partial charge >= 0.3 is 0 Å². The zero-order chi connectivity index (χ0) is 25.2. The monoisotopic (exact) mass is 488 g/mol. The molecule has 1 amide bonds. The number of carbonyl (C=O) groups excluding carboxylic acids is 1. The van der Waals surface area contributed by atoms with Gasteiger partial charge in [0, 0.05) is 18.2 Å². The molecule has 1 fully saturated rings. The van der Waals surface area contributed by atoms with Gasteiger partial charge in [-0.25, -0.2) is 0 Å². The van der Waals surface area contributed by atoms with Crippen LogP contribution in [0.15, 0.2) is 84.9 Å². The molecule has 1 aliphatic heterocycles. The van der Waals surface area contributed by atoms with Crippen LogP contribution in [0.1, 0.15) is 27.7 Å². The van der Waals surface area contributed by atoms with Crippen LogP contribution in [0.25, 0.3) is 0 Å².